The lowest BCUT2D eigenvalue weighted by Crippen LogP contribution is -2.36. The third-order valence-corrected chi connectivity index (χ3v) is 5.42. The lowest BCUT2D eigenvalue weighted by Gasteiger charge is -2.19. The number of alkyl halides is 8. The first-order chi connectivity index (χ1) is 15.4. The zero-order valence-corrected chi connectivity index (χ0v) is 18.0. The molecule has 15 heteroatoms. The van der Waals surface area contributed by atoms with Gasteiger partial charge in [0.05, 0.1) is 10.6 Å². The van der Waals surface area contributed by atoms with Gasteiger partial charge in [0.15, 0.2) is 5.69 Å². The van der Waals surface area contributed by atoms with E-state index in [0.717, 1.165) is 24.6 Å². The van der Waals surface area contributed by atoms with E-state index in [0.29, 0.717) is 7.05 Å². The van der Waals surface area contributed by atoms with Gasteiger partial charge in [0.1, 0.15) is 11.3 Å². The summed E-state index contributed by atoms with van der Waals surface area (Å²) in [5.74, 6) is -8.06. The van der Waals surface area contributed by atoms with Gasteiger partial charge in [-0.3, -0.25) is 14.3 Å². The SMILES string of the molecule is C[C@H]1C[C@H]1NC(=O)c1cc(NC(=O)c2c(C(F)(F)F)c(C(F)(F)C(F)(F)F)nn2C)ccc1Cl. The molecular weight excluding hydrogens is 504 g/mol. The molecule has 186 valence electrons. The molecule has 1 heterocycles. The Morgan fingerprint density at radius 1 is 1.09 bits per heavy atom. The Kier molecular flexibility index (Phi) is 6.35. The van der Waals surface area contributed by atoms with Crippen LogP contribution in [0.25, 0.3) is 0 Å². The number of hydrogen-bond donors (Lipinski definition) is 2. The van der Waals surface area contributed by atoms with Crippen LogP contribution < -0.4 is 10.6 Å². The monoisotopic (exact) mass is 518 g/mol. The lowest BCUT2D eigenvalue weighted by atomic mass is 10.1. The van der Waals surface area contributed by atoms with E-state index in [1.807, 2.05) is 12.2 Å². The number of nitrogens with one attached hydrogen (secondary N) is 2. The quantitative estimate of drug-likeness (QED) is 0.539. The molecule has 1 fully saturated rings. The Morgan fingerprint density at radius 2 is 1.68 bits per heavy atom. The van der Waals surface area contributed by atoms with E-state index in [9.17, 15) is 44.7 Å². The summed E-state index contributed by atoms with van der Waals surface area (Å²) in [5, 5.41) is 7.22. The van der Waals surface area contributed by atoms with Gasteiger partial charge in [-0.2, -0.15) is 40.2 Å². The topological polar surface area (TPSA) is 76.0 Å². The number of anilines is 1. The van der Waals surface area contributed by atoms with Crippen molar-refractivity contribution >= 4 is 29.1 Å². The van der Waals surface area contributed by atoms with Crippen LogP contribution in [0.4, 0.5) is 40.8 Å². The fraction of sp³-hybridized carbons (Fsp3) is 0.421. The van der Waals surface area contributed by atoms with Crippen LogP contribution in [0.5, 0.6) is 0 Å². The number of aromatic nitrogens is 2. The van der Waals surface area contributed by atoms with Crippen LogP contribution in [0.3, 0.4) is 0 Å². The Bertz CT molecular complexity index is 1140. The first-order valence-corrected chi connectivity index (χ1v) is 9.84. The van der Waals surface area contributed by atoms with Crippen molar-refractivity contribution in [3.05, 3.63) is 45.7 Å². The average Bonchev–Trinajstić information content (AvgIpc) is 3.23. The fourth-order valence-corrected chi connectivity index (χ4v) is 3.35. The van der Waals surface area contributed by atoms with Crippen molar-refractivity contribution in [2.24, 2.45) is 13.0 Å². The Morgan fingerprint density at radius 3 is 2.18 bits per heavy atom. The molecular formula is C19H15ClF8N4O2. The summed E-state index contributed by atoms with van der Waals surface area (Å²) in [6, 6.07) is 3.18. The number of halogens is 9. The number of amides is 2. The summed E-state index contributed by atoms with van der Waals surface area (Å²) < 4.78 is 106. The second-order valence-corrected chi connectivity index (χ2v) is 8.11. The first-order valence-electron chi connectivity index (χ1n) is 9.46. The highest BCUT2D eigenvalue weighted by Gasteiger charge is 2.64. The van der Waals surface area contributed by atoms with Crippen LogP contribution in [0.1, 0.15) is 45.4 Å². The maximum Gasteiger partial charge on any atom is 0.459 e. The van der Waals surface area contributed by atoms with Crippen molar-refractivity contribution in [1.82, 2.24) is 15.1 Å². The largest absolute Gasteiger partial charge is 0.459 e. The molecule has 1 aliphatic carbocycles. The zero-order valence-electron chi connectivity index (χ0n) is 17.2. The number of benzene rings is 1. The first kappa shape index (κ1) is 25.7. The second-order valence-electron chi connectivity index (χ2n) is 7.71. The molecule has 0 spiro atoms. The molecule has 2 amide bonds. The van der Waals surface area contributed by atoms with Gasteiger partial charge < -0.3 is 10.6 Å². The van der Waals surface area contributed by atoms with E-state index in [4.69, 9.17) is 11.6 Å². The van der Waals surface area contributed by atoms with Crippen molar-refractivity contribution in [2.45, 2.75) is 37.7 Å². The molecule has 0 saturated heterocycles. The third-order valence-electron chi connectivity index (χ3n) is 5.09. The molecule has 34 heavy (non-hydrogen) atoms. The molecule has 3 rings (SSSR count). The fourth-order valence-electron chi connectivity index (χ4n) is 3.14. The molecule has 1 aliphatic rings. The Hall–Kier alpha value is -2.90. The second kappa shape index (κ2) is 8.40. The van der Waals surface area contributed by atoms with Crippen molar-refractivity contribution in [3.63, 3.8) is 0 Å². The van der Waals surface area contributed by atoms with Crippen molar-refractivity contribution in [2.75, 3.05) is 5.32 Å². The van der Waals surface area contributed by atoms with Gasteiger partial charge >= 0.3 is 18.3 Å². The molecule has 2 N–H and O–H groups in total. The number of carbonyl (C=O) groups is 2. The smallest absolute Gasteiger partial charge is 0.349 e. The molecule has 0 aliphatic heterocycles. The third kappa shape index (κ3) is 4.81. The average molecular weight is 519 g/mol. The van der Waals surface area contributed by atoms with E-state index >= 15 is 0 Å². The Balaban J connectivity index is 1.98. The summed E-state index contributed by atoms with van der Waals surface area (Å²) >= 11 is 5.97. The van der Waals surface area contributed by atoms with Gasteiger partial charge in [0, 0.05) is 18.8 Å². The van der Waals surface area contributed by atoms with Crippen LogP contribution in [0.15, 0.2) is 18.2 Å². The number of rotatable bonds is 5. The van der Waals surface area contributed by atoms with Gasteiger partial charge in [-0.05, 0) is 30.5 Å². The minimum Gasteiger partial charge on any atom is -0.349 e. The van der Waals surface area contributed by atoms with Gasteiger partial charge in [0.2, 0.25) is 0 Å². The van der Waals surface area contributed by atoms with Gasteiger partial charge in [-0.25, -0.2) is 0 Å². The number of hydrogen-bond acceptors (Lipinski definition) is 3. The predicted molar refractivity (Wildman–Crippen MR) is 103 cm³/mol. The molecule has 0 unspecified atom stereocenters. The van der Waals surface area contributed by atoms with Gasteiger partial charge in [-0.15, -0.1) is 0 Å². The normalized spacial score (nSPS) is 18.6. The van der Waals surface area contributed by atoms with E-state index in [-0.39, 0.29) is 32.9 Å². The van der Waals surface area contributed by atoms with Crippen LogP contribution >= 0.6 is 11.6 Å². The van der Waals surface area contributed by atoms with E-state index in [1.165, 1.54) is 0 Å². The number of aryl methyl sites for hydroxylation is 1. The summed E-state index contributed by atoms with van der Waals surface area (Å²) in [6.07, 6.45) is -11.4. The predicted octanol–water partition coefficient (Wildman–Crippen LogP) is 5.14. The molecule has 2 atom stereocenters. The van der Waals surface area contributed by atoms with Crippen LogP contribution in [-0.2, 0) is 19.1 Å². The van der Waals surface area contributed by atoms with E-state index in [1.54, 1.807) is 0 Å². The van der Waals surface area contributed by atoms with Gasteiger partial charge in [-0.1, -0.05) is 18.5 Å². The standard InChI is InChI=1S/C19H15ClF8N4O2/c1-7-5-11(7)30-15(33)9-6-8(3-4-10(9)20)29-16(34)13-12(18(23,24)25)14(31-32(13)2)17(21,22)19(26,27)28/h3-4,6-7,11H,5H2,1-2H3,(H,29,34)(H,30,33)/t7-,11+/m0/s1. The zero-order chi connectivity index (χ0) is 25.8. The molecule has 1 aromatic carbocycles. The summed E-state index contributed by atoms with van der Waals surface area (Å²) in [7, 11) is 0.609. The van der Waals surface area contributed by atoms with Crippen molar-refractivity contribution in [1.29, 1.82) is 0 Å². The molecule has 1 aromatic heterocycles. The molecule has 6 nitrogen and oxygen atoms in total. The number of nitrogens with zero attached hydrogens (tertiary/aromatic N) is 2. The van der Waals surface area contributed by atoms with E-state index in [2.05, 4.69) is 10.4 Å². The van der Waals surface area contributed by atoms with Crippen LogP contribution in [0.2, 0.25) is 5.02 Å². The molecule has 0 bridgehead atoms. The maximum absolute atomic E-state index is 13.8. The highest BCUT2D eigenvalue weighted by molar-refractivity contribution is 6.34. The van der Waals surface area contributed by atoms with Crippen molar-refractivity contribution in [3.8, 4) is 0 Å². The summed E-state index contributed by atoms with van der Waals surface area (Å²) in [5.41, 5.74) is -7.18. The minimum atomic E-state index is -6.40. The van der Waals surface area contributed by atoms with Crippen LogP contribution in [-0.4, -0.2) is 33.8 Å². The van der Waals surface area contributed by atoms with Crippen molar-refractivity contribution < 1.29 is 44.7 Å². The van der Waals surface area contributed by atoms with Gasteiger partial charge in [0.25, 0.3) is 11.8 Å². The molecule has 0 radical (unpaired) electrons. The summed E-state index contributed by atoms with van der Waals surface area (Å²) in [6.45, 7) is 1.88. The maximum atomic E-state index is 13.8. The molecule has 2 aromatic rings. The van der Waals surface area contributed by atoms with Crippen LogP contribution in [0, 0.1) is 5.92 Å². The minimum absolute atomic E-state index is 0.0227. The number of carbonyl (C=O) groups excluding carboxylic acids is 2. The highest BCUT2D eigenvalue weighted by atomic mass is 35.5. The molecule has 1 saturated carbocycles. The van der Waals surface area contributed by atoms with E-state index < -0.39 is 47.0 Å². The summed E-state index contributed by atoms with van der Waals surface area (Å²) in [4.78, 5) is 24.9. The lowest BCUT2D eigenvalue weighted by molar-refractivity contribution is -0.292. The Labute approximate surface area is 191 Å². The highest BCUT2D eigenvalue weighted by Crippen LogP contribution is 2.48.